The molecule has 2 aromatic heterocycles. The minimum atomic E-state index is -0.206. The van der Waals surface area contributed by atoms with Crippen LogP contribution in [0.2, 0.25) is 0 Å². The van der Waals surface area contributed by atoms with Crippen LogP contribution in [0.1, 0.15) is 17.4 Å². The van der Waals surface area contributed by atoms with Crippen LogP contribution in [0.4, 0.5) is 5.95 Å². The number of imidazole rings is 1. The summed E-state index contributed by atoms with van der Waals surface area (Å²) in [5.41, 5.74) is 2.36. The number of aryl methyl sites for hydroxylation is 2. The largest absolute Gasteiger partial charge is 0.313 e. The van der Waals surface area contributed by atoms with Crippen LogP contribution in [0.5, 0.6) is 0 Å². The van der Waals surface area contributed by atoms with Gasteiger partial charge in [0.1, 0.15) is 5.69 Å². The Morgan fingerprint density at radius 2 is 2.10 bits per heavy atom. The van der Waals surface area contributed by atoms with E-state index in [0.29, 0.717) is 18.2 Å². The second kappa shape index (κ2) is 4.80. The molecule has 6 heteroatoms. The van der Waals surface area contributed by atoms with E-state index in [1.54, 1.807) is 16.9 Å². The van der Waals surface area contributed by atoms with Crippen molar-refractivity contribution in [2.24, 2.45) is 7.05 Å². The van der Waals surface area contributed by atoms with Gasteiger partial charge >= 0.3 is 0 Å². The van der Waals surface area contributed by atoms with Crippen molar-refractivity contribution in [1.29, 1.82) is 0 Å². The van der Waals surface area contributed by atoms with Gasteiger partial charge in [-0.3, -0.25) is 14.8 Å². The van der Waals surface area contributed by atoms with Crippen molar-refractivity contribution in [3.05, 3.63) is 42.2 Å². The van der Waals surface area contributed by atoms with Gasteiger partial charge in [-0.2, -0.15) is 5.10 Å². The number of anilines is 1. The molecule has 0 atom stereocenters. The third-order valence-electron chi connectivity index (χ3n) is 3.26. The molecule has 3 rings (SSSR count). The van der Waals surface area contributed by atoms with Crippen molar-refractivity contribution >= 4 is 22.9 Å². The molecule has 1 amide bonds. The van der Waals surface area contributed by atoms with E-state index >= 15 is 0 Å². The monoisotopic (exact) mass is 269 g/mol. The van der Waals surface area contributed by atoms with E-state index in [9.17, 15) is 4.79 Å². The number of hydrogen-bond acceptors (Lipinski definition) is 3. The van der Waals surface area contributed by atoms with E-state index in [1.807, 2.05) is 42.8 Å². The van der Waals surface area contributed by atoms with Crippen LogP contribution in [0.15, 0.2) is 36.5 Å². The summed E-state index contributed by atoms with van der Waals surface area (Å²) in [5.74, 6) is 0.322. The molecule has 0 saturated heterocycles. The van der Waals surface area contributed by atoms with Gasteiger partial charge in [-0.05, 0) is 25.1 Å². The van der Waals surface area contributed by atoms with Crippen LogP contribution in [0, 0.1) is 0 Å². The SMILES string of the molecule is CCn1nccc1C(=O)Nc1nc2ccccc2n1C. The number of hydrogen-bond donors (Lipinski definition) is 1. The van der Waals surface area contributed by atoms with Crippen molar-refractivity contribution in [2.45, 2.75) is 13.5 Å². The number of benzene rings is 1. The summed E-state index contributed by atoms with van der Waals surface area (Å²) in [6, 6.07) is 9.45. The zero-order valence-corrected chi connectivity index (χ0v) is 11.4. The molecule has 2 heterocycles. The second-order valence-electron chi connectivity index (χ2n) is 4.47. The Balaban J connectivity index is 1.93. The predicted molar refractivity (Wildman–Crippen MR) is 76.6 cm³/mol. The van der Waals surface area contributed by atoms with Crippen LogP contribution >= 0.6 is 0 Å². The quantitative estimate of drug-likeness (QED) is 0.791. The second-order valence-corrected chi connectivity index (χ2v) is 4.47. The lowest BCUT2D eigenvalue weighted by Crippen LogP contribution is -2.19. The van der Waals surface area contributed by atoms with Gasteiger partial charge in [0.2, 0.25) is 5.95 Å². The molecule has 3 aromatic rings. The number of nitrogens with one attached hydrogen (secondary N) is 1. The van der Waals surface area contributed by atoms with Crippen LogP contribution in [-0.2, 0) is 13.6 Å². The molecule has 0 unspecified atom stereocenters. The number of aromatic nitrogens is 4. The first-order valence-electron chi connectivity index (χ1n) is 6.45. The molecule has 1 aromatic carbocycles. The lowest BCUT2D eigenvalue weighted by Gasteiger charge is -2.06. The molecule has 0 saturated carbocycles. The van der Waals surface area contributed by atoms with Crippen LogP contribution in [-0.4, -0.2) is 25.2 Å². The minimum Gasteiger partial charge on any atom is -0.313 e. The average Bonchev–Trinajstić information content (AvgIpc) is 3.05. The van der Waals surface area contributed by atoms with E-state index in [1.165, 1.54) is 0 Å². The molecule has 0 aliphatic rings. The van der Waals surface area contributed by atoms with Gasteiger partial charge < -0.3 is 4.57 Å². The summed E-state index contributed by atoms with van der Waals surface area (Å²) in [5, 5.41) is 6.92. The highest BCUT2D eigenvalue weighted by Gasteiger charge is 2.15. The van der Waals surface area contributed by atoms with Gasteiger partial charge in [0.15, 0.2) is 0 Å². The topological polar surface area (TPSA) is 64.7 Å². The van der Waals surface area contributed by atoms with Gasteiger partial charge in [-0.15, -0.1) is 0 Å². The van der Waals surface area contributed by atoms with Crippen molar-refractivity contribution in [3.63, 3.8) is 0 Å². The summed E-state index contributed by atoms with van der Waals surface area (Å²) >= 11 is 0. The normalized spacial score (nSPS) is 10.9. The predicted octanol–water partition coefficient (Wildman–Crippen LogP) is 2.04. The number of nitrogens with zero attached hydrogens (tertiary/aromatic N) is 4. The van der Waals surface area contributed by atoms with E-state index in [-0.39, 0.29) is 5.91 Å². The highest BCUT2D eigenvalue weighted by atomic mass is 16.2. The first-order chi connectivity index (χ1) is 9.70. The first-order valence-corrected chi connectivity index (χ1v) is 6.45. The molecular weight excluding hydrogens is 254 g/mol. The fourth-order valence-corrected chi connectivity index (χ4v) is 2.20. The summed E-state index contributed by atoms with van der Waals surface area (Å²) < 4.78 is 3.51. The third kappa shape index (κ3) is 1.95. The van der Waals surface area contributed by atoms with E-state index < -0.39 is 0 Å². The highest BCUT2D eigenvalue weighted by Crippen LogP contribution is 2.18. The average molecular weight is 269 g/mol. The molecule has 0 aliphatic carbocycles. The summed E-state index contributed by atoms with van der Waals surface area (Å²) in [6.45, 7) is 2.59. The Kier molecular flexibility index (Phi) is 2.98. The van der Waals surface area contributed by atoms with E-state index in [4.69, 9.17) is 0 Å². The maximum absolute atomic E-state index is 12.3. The number of carbonyl (C=O) groups excluding carboxylic acids is 1. The maximum Gasteiger partial charge on any atom is 0.276 e. The Labute approximate surface area is 116 Å². The summed E-state index contributed by atoms with van der Waals surface area (Å²) in [4.78, 5) is 16.7. The van der Waals surface area contributed by atoms with Crippen LogP contribution < -0.4 is 5.32 Å². The number of carbonyl (C=O) groups is 1. The van der Waals surface area contributed by atoms with Gasteiger partial charge in [0.05, 0.1) is 11.0 Å². The Hall–Kier alpha value is -2.63. The third-order valence-corrected chi connectivity index (χ3v) is 3.26. The van der Waals surface area contributed by atoms with Crippen molar-refractivity contribution in [3.8, 4) is 0 Å². The van der Waals surface area contributed by atoms with Gasteiger partial charge in [0, 0.05) is 19.8 Å². The molecule has 6 nitrogen and oxygen atoms in total. The summed E-state index contributed by atoms with van der Waals surface area (Å²) in [7, 11) is 1.88. The van der Waals surface area contributed by atoms with E-state index in [2.05, 4.69) is 15.4 Å². The highest BCUT2D eigenvalue weighted by molar-refractivity contribution is 6.02. The van der Waals surface area contributed by atoms with Crippen LogP contribution in [0.3, 0.4) is 0 Å². The molecule has 20 heavy (non-hydrogen) atoms. The molecule has 0 fully saturated rings. The number of fused-ring (bicyclic) bond motifs is 1. The smallest absolute Gasteiger partial charge is 0.276 e. The van der Waals surface area contributed by atoms with Gasteiger partial charge in [-0.25, -0.2) is 4.98 Å². The van der Waals surface area contributed by atoms with Gasteiger partial charge in [0.25, 0.3) is 5.91 Å². The molecule has 0 spiro atoms. The summed E-state index contributed by atoms with van der Waals surface area (Å²) in [6.07, 6.45) is 1.62. The molecular formula is C14H15N5O. The zero-order chi connectivity index (χ0) is 14.1. The molecule has 1 N–H and O–H groups in total. The molecule has 102 valence electrons. The fraction of sp³-hybridized carbons (Fsp3) is 0.214. The van der Waals surface area contributed by atoms with Gasteiger partial charge in [-0.1, -0.05) is 12.1 Å². The minimum absolute atomic E-state index is 0.206. The van der Waals surface area contributed by atoms with Crippen LogP contribution in [0.25, 0.3) is 11.0 Å². The molecule has 0 bridgehead atoms. The van der Waals surface area contributed by atoms with Crippen molar-refractivity contribution in [2.75, 3.05) is 5.32 Å². The Bertz CT molecular complexity index is 771. The number of para-hydroxylation sites is 2. The Morgan fingerprint density at radius 3 is 2.85 bits per heavy atom. The Morgan fingerprint density at radius 1 is 1.30 bits per heavy atom. The fourth-order valence-electron chi connectivity index (χ4n) is 2.20. The van der Waals surface area contributed by atoms with Crippen molar-refractivity contribution in [1.82, 2.24) is 19.3 Å². The maximum atomic E-state index is 12.3. The number of amides is 1. The lowest BCUT2D eigenvalue weighted by molar-refractivity contribution is 0.101. The standard InChI is InChI=1S/C14H15N5O/c1-3-19-12(8-9-15-19)13(20)17-14-16-10-6-4-5-7-11(10)18(14)2/h4-9H,3H2,1-2H3,(H,16,17,20). The molecule has 0 radical (unpaired) electrons. The van der Waals surface area contributed by atoms with E-state index in [0.717, 1.165) is 11.0 Å². The zero-order valence-electron chi connectivity index (χ0n) is 11.4. The van der Waals surface area contributed by atoms with Crippen molar-refractivity contribution < 1.29 is 4.79 Å². The molecule has 0 aliphatic heterocycles. The first kappa shape index (κ1) is 12.4. The lowest BCUT2D eigenvalue weighted by atomic mass is 10.3. The number of rotatable bonds is 3.